The van der Waals surface area contributed by atoms with E-state index in [0.29, 0.717) is 6.04 Å². The van der Waals surface area contributed by atoms with Crippen LogP contribution in [0.2, 0.25) is 0 Å². The molecule has 90 valence electrons. The molecule has 2 atom stereocenters. The lowest BCUT2D eigenvalue weighted by molar-refractivity contribution is 0.393. The molecule has 0 radical (unpaired) electrons. The fraction of sp³-hybridized carbons (Fsp3) is 0.714. The van der Waals surface area contributed by atoms with Crippen molar-refractivity contribution in [2.75, 3.05) is 0 Å². The first kappa shape index (κ1) is 12.1. The van der Waals surface area contributed by atoms with Crippen LogP contribution >= 0.6 is 11.3 Å². The number of hydrogen-bond donors (Lipinski definition) is 1. The van der Waals surface area contributed by atoms with Crippen LogP contribution in [0.4, 0.5) is 0 Å². The first-order chi connectivity index (χ1) is 7.70. The maximum Gasteiger partial charge on any atom is 0.0388 e. The van der Waals surface area contributed by atoms with E-state index in [2.05, 4.69) is 38.2 Å². The van der Waals surface area contributed by atoms with Crippen LogP contribution < -0.4 is 5.32 Å². The van der Waals surface area contributed by atoms with E-state index in [0.717, 1.165) is 12.0 Å². The predicted octanol–water partition coefficient (Wildman–Crippen LogP) is 4.29. The van der Waals surface area contributed by atoms with Crippen molar-refractivity contribution in [2.45, 2.75) is 58.5 Å². The van der Waals surface area contributed by atoms with Gasteiger partial charge >= 0.3 is 0 Å². The molecule has 1 aliphatic carbocycles. The molecule has 16 heavy (non-hydrogen) atoms. The van der Waals surface area contributed by atoms with E-state index in [1.807, 2.05) is 11.3 Å². The van der Waals surface area contributed by atoms with Crippen molar-refractivity contribution in [1.82, 2.24) is 5.32 Å². The Morgan fingerprint density at radius 2 is 2.19 bits per heavy atom. The van der Waals surface area contributed by atoms with Gasteiger partial charge in [0.2, 0.25) is 0 Å². The smallest absolute Gasteiger partial charge is 0.0388 e. The first-order valence-corrected chi connectivity index (χ1v) is 7.34. The summed E-state index contributed by atoms with van der Waals surface area (Å²) in [6.45, 7) is 6.78. The SMILES string of the molecule is CCCC(NC(C)c1ccc(C)s1)C1CC1. The van der Waals surface area contributed by atoms with Gasteiger partial charge in [0.05, 0.1) is 0 Å². The Labute approximate surface area is 103 Å². The fourth-order valence-electron chi connectivity index (χ4n) is 2.35. The van der Waals surface area contributed by atoms with E-state index in [1.54, 1.807) is 0 Å². The number of rotatable bonds is 6. The second-order valence-corrected chi connectivity index (χ2v) is 6.39. The van der Waals surface area contributed by atoms with E-state index >= 15 is 0 Å². The van der Waals surface area contributed by atoms with Gasteiger partial charge < -0.3 is 5.32 Å². The molecule has 1 aromatic rings. The highest BCUT2D eigenvalue weighted by Gasteiger charge is 2.31. The maximum absolute atomic E-state index is 3.82. The van der Waals surface area contributed by atoms with Crippen LogP contribution in [0.25, 0.3) is 0 Å². The van der Waals surface area contributed by atoms with Crippen LogP contribution in [-0.2, 0) is 0 Å². The molecule has 1 saturated carbocycles. The third-order valence-corrected chi connectivity index (χ3v) is 4.63. The van der Waals surface area contributed by atoms with Gasteiger partial charge in [0.15, 0.2) is 0 Å². The molecule has 2 unspecified atom stereocenters. The van der Waals surface area contributed by atoms with Gasteiger partial charge in [-0.05, 0) is 51.2 Å². The predicted molar refractivity (Wildman–Crippen MR) is 72.0 cm³/mol. The topological polar surface area (TPSA) is 12.0 Å². The van der Waals surface area contributed by atoms with E-state index in [-0.39, 0.29) is 0 Å². The average Bonchev–Trinajstić information content (AvgIpc) is 3.00. The summed E-state index contributed by atoms with van der Waals surface area (Å²) < 4.78 is 0. The van der Waals surface area contributed by atoms with Crippen LogP contribution in [-0.4, -0.2) is 6.04 Å². The highest BCUT2D eigenvalue weighted by atomic mass is 32.1. The Kier molecular flexibility index (Phi) is 4.04. The van der Waals surface area contributed by atoms with Crippen molar-refractivity contribution in [3.8, 4) is 0 Å². The molecule has 2 rings (SSSR count). The van der Waals surface area contributed by atoms with Crippen LogP contribution in [0.15, 0.2) is 12.1 Å². The molecule has 1 aromatic heterocycles. The summed E-state index contributed by atoms with van der Waals surface area (Å²) in [6.07, 6.45) is 5.51. The molecule has 0 aromatic carbocycles. The highest BCUT2D eigenvalue weighted by molar-refractivity contribution is 7.12. The minimum atomic E-state index is 0.524. The van der Waals surface area contributed by atoms with E-state index in [9.17, 15) is 0 Å². The maximum atomic E-state index is 3.82. The molecule has 0 aliphatic heterocycles. The molecule has 1 heterocycles. The molecule has 1 nitrogen and oxygen atoms in total. The Morgan fingerprint density at radius 3 is 2.69 bits per heavy atom. The van der Waals surface area contributed by atoms with Crippen molar-refractivity contribution in [3.05, 3.63) is 21.9 Å². The lowest BCUT2D eigenvalue weighted by Gasteiger charge is -2.22. The number of hydrogen-bond acceptors (Lipinski definition) is 2. The van der Waals surface area contributed by atoms with Gasteiger partial charge in [-0.1, -0.05) is 13.3 Å². The van der Waals surface area contributed by atoms with Crippen LogP contribution in [0, 0.1) is 12.8 Å². The van der Waals surface area contributed by atoms with Crippen LogP contribution in [0.3, 0.4) is 0 Å². The van der Waals surface area contributed by atoms with E-state index in [4.69, 9.17) is 0 Å². The Morgan fingerprint density at radius 1 is 1.44 bits per heavy atom. The third-order valence-electron chi connectivity index (χ3n) is 3.44. The van der Waals surface area contributed by atoms with Gasteiger partial charge in [0.25, 0.3) is 0 Å². The molecular formula is C14H23NS. The third kappa shape index (κ3) is 3.08. The molecule has 0 saturated heterocycles. The summed E-state index contributed by atoms with van der Waals surface area (Å²) in [5.41, 5.74) is 0. The molecule has 1 N–H and O–H groups in total. The van der Waals surface area contributed by atoms with Crippen LogP contribution in [0.1, 0.15) is 55.3 Å². The summed E-state index contributed by atoms with van der Waals surface area (Å²) >= 11 is 1.93. The van der Waals surface area contributed by atoms with Crippen LogP contribution in [0.5, 0.6) is 0 Å². The Bertz CT molecular complexity index is 327. The Hall–Kier alpha value is -0.340. The zero-order chi connectivity index (χ0) is 11.5. The minimum Gasteiger partial charge on any atom is -0.306 e. The monoisotopic (exact) mass is 237 g/mol. The molecule has 0 spiro atoms. The van der Waals surface area contributed by atoms with Crippen molar-refractivity contribution in [3.63, 3.8) is 0 Å². The highest BCUT2D eigenvalue weighted by Crippen LogP contribution is 2.36. The first-order valence-electron chi connectivity index (χ1n) is 6.53. The molecule has 1 fully saturated rings. The molecule has 0 amide bonds. The normalized spacial score (nSPS) is 19.7. The molecular weight excluding hydrogens is 214 g/mol. The van der Waals surface area contributed by atoms with Crippen molar-refractivity contribution < 1.29 is 0 Å². The average molecular weight is 237 g/mol. The zero-order valence-corrected chi connectivity index (χ0v) is 11.4. The number of nitrogens with one attached hydrogen (secondary N) is 1. The lowest BCUT2D eigenvalue weighted by atomic mass is 10.1. The minimum absolute atomic E-state index is 0.524. The molecule has 2 heteroatoms. The van der Waals surface area contributed by atoms with Crippen molar-refractivity contribution in [1.29, 1.82) is 0 Å². The molecule has 0 bridgehead atoms. The Balaban J connectivity index is 1.91. The zero-order valence-electron chi connectivity index (χ0n) is 10.6. The van der Waals surface area contributed by atoms with Gasteiger partial charge in [0, 0.05) is 21.8 Å². The summed E-state index contributed by atoms with van der Waals surface area (Å²) in [5.74, 6) is 0.962. The van der Waals surface area contributed by atoms with Gasteiger partial charge in [-0.25, -0.2) is 0 Å². The quantitative estimate of drug-likeness (QED) is 0.778. The van der Waals surface area contributed by atoms with E-state index in [1.165, 1.54) is 35.4 Å². The van der Waals surface area contributed by atoms with Gasteiger partial charge in [-0.2, -0.15) is 0 Å². The summed E-state index contributed by atoms with van der Waals surface area (Å²) in [4.78, 5) is 2.90. The van der Waals surface area contributed by atoms with Crippen molar-refractivity contribution in [2.24, 2.45) is 5.92 Å². The second kappa shape index (κ2) is 5.33. The summed E-state index contributed by atoms with van der Waals surface area (Å²) in [7, 11) is 0. The number of thiophene rings is 1. The standard InChI is InChI=1S/C14H23NS/c1-4-5-13(12-7-8-12)15-11(3)14-9-6-10(2)16-14/h6,9,11-13,15H,4-5,7-8H2,1-3H3. The summed E-state index contributed by atoms with van der Waals surface area (Å²) in [5, 5.41) is 3.82. The second-order valence-electron chi connectivity index (χ2n) is 5.07. The molecule has 1 aliphatic rings. The van der Waals surface area contributed by atoms with Gasteiger partial charge in [0.1, 0.15) is 0 Å². The summed E-state index contributed by atoms with van der Waals surface area (Å²) in [6, 6.07) is 5.77. The van der Waals surface area contributed by atoms with Gasteiger partial charge in [-0.15, -0.1) is 11.3 Å². The van der Waals surface area contributed by atoms with E-state index < -0.39 is 0 Å². The largest absolute Gasteiger partial charge is 0.306 e. The van der Waals surface area contributed by atoms with Crippen molar-refractivity contribution >= 4 is 11.3 Å². The number of aryl methyl sites for hydroxylation is 1. The lowest BCUT2D eigenvalue weighted by Crippen LogP contribution is -2.32. The van der Waals surface area contributed by atoms with Gasteiger partial charge in [-0.3, -0.25) is 0 Å². The fourth-order valence-corrected chi connectivity index (χ4v) is 3.24.